The Bertz CT molecular complexity index is 1040. The first-order valence-electron chi connectivity index (χ1n) is 9.45. The minimum atomic E-state index is -0.165. The van der Waals surface area contributed by atoms with Crippen LogP contribution in [0.2, 0.25) is 0 Å². The highest BCUT2D eigenvalue weighted by atomic mass is 79.9. The number of ether oxygens (including phenoxy) is 2. The zero-order chi connectivity index (χ0) is 21.5. The molecule has 1 N–H and O–H groups in total. The van der Waals surface area contributed by atoms with Crippen LogP contribution in [0.1, 0.15) is 22.4 Å². The third-order valence-electron chi connectivity index (χ3n) is 4.73. The lowest BCUT2D eigenvalue weighted by molar-refractivity contribution is -0.116. The van der Waals surface area contributed by atoms with Gasteiger partial charge in [0.2, 0.25) is 5.91 Å². The van der Waals surface area contributed by atoms with Crippen LogP contribution >= 0.6 is 15.9 Å². The summed E-state index contributed by atoms with van der Waals surface area (Å²) in [5.74, 6) is 1.34. The summed E-state index contributed by atoms with van der Waals surface area (Å²) in [6.07, 6.45) is 5.06. The highest BCUT2D eigenvalue weighted by Crippen LogP contribution is 2.23. The van der Waals surface area contributed by atoms with Crippen LogP contribution in [-0.4, -0.2) is 22.8 Å². The minimum absolute atomic E-state index is 0.165. The number of aryl methyl sites for hydroxylation is 1. The molecule has 30 heavy (non-hydrogen) atoms. The molecular weight excluding hydrogens is 446 g/mol. The summed E-state index contributed by atoms with van der Waals surface area (Å²) >= 11 is 3.41. The topological polar surface area (TPSA) is 65.4 Å². The van der Waals surface area contributed by atoms with Crippen LogP contribution in [0.15, 0.2) is 59.2 Å². The lowest BCUT2D eigenvalue weighted by Gasteiger charge is -2.11. The standard InChI is InChI=1S/C23H24BrN3O3/c1-16-19(14-26-27(16)2)13-25-23(28)11-5-17-4-10-22(29-3)18(12-17)15-30-21-8-6-20(24)7-9-21/h4-12,14H,13,15H2,1-3H3,(H,25,28)/b11-5-. The molecule has 6 nitrogen and oxygen atoms in total. The molecule has 1 aromatic heterocycles. The molecule has 0 aliphatic carbocycles. The first-order valence-corrected chi connectivity index (χ1v) is 10.2. The number of benzene rings is 2. The Labute approximate surface area is 184 Å². The van der Waals surface area contributed by atoms with Crippen molar-refractivity contribution in [3.63, 3.8) is 0 Å². The first kappa shape index (κ1) is 21.6. The number of nitrogens with one attached hydrogen (secondary N) is 1. The van der Waals surface area contributed by atoms with Crippen LogP contribution in [-0.2, 0) is 25.0 Å². The van der Waals surface area contributed by atoms with Gasteiger partial charge in [-0.3, -0.25) is 9.48 Å². The molecule has 0 spiro atoms. The number of amides is 1. The Morgan fingerprint density at radius 3 is 2.63 bits per heavy atom. The van der Waals surface area contributed by atoms with Crippen molar-refractivity contribution < 1.29 is 14.3 Å². The van der Waals surface area contributed by atoms with E-state index in [1.807, 2.05) is 56.4 Å². The SMILES string of the molecule is COc1ccc(/C=C\C(=O)NCc2cnn(C)c2C)cc1COc1ccc(Br)cc1. The smallest absolute Gasteiger partial charge is 0.244 e. The Balaban J connectivity index is 1.62. The number of aromatic nitrogens is 2. The number of hydrogen-bond acceptors (Lipinski definition) is 4. The van der Waals surface area contributed by atoms with Crippen molar-refractivity contribution in [3.05, 3.63) is 81.6 Å². The molecule has 3 aromatic rings. The van der Waals surface area contributed by atoms with E-state index in [1.54, 1.807) is 24.1 Å². The molecule has 0 aliphatic heterocycles. The lowest BCUT2D eigenvalue weighted by Crippen LogP contribution is -2.20. The van der Waals surface area contributed by atoms with E-state index < -0.39 is 0 Å². The number of rotatable bonds is 8. The van der Waals surface area contributed by atoms with Gasteiger partial charge in [0.15, 0.2) is 0 Å². The summed E-state index contributed by atoms with van der Waals surface area (Å²) < 4.78 is 14.1. The zero-order valence-corrected chi connectivity index (χ0v) is 18.8. The second kappa shape index (κ2) is 10.1. The van der Waals surface area contributed by atoms with Crippen LogP contribution in [0.4, 0.5) is 0 Å². The van der Waals surface area contributed by atoms with Crippen molar-refractivity contribution in [2.24, 2.45) is 7.05 Å². The minimum Gasteiger partial charge on any atom is -0.496 e. The number of hydrogen-bond donors (Lipinski definition) is 1. The summed E-state index contributed by atoms with van der Waals surface area (Å²) in [6, 6.07) is 13.4. The molecule has 0 saturated heterocycles. The van der Waals surface area contributed by atoms with Crippen LogP contribution in [0.3, 0.4) is 0 Å². The Hall–Kier alpha value is -3.06. The van der Waals surface area contributed by atoms with Gasteiger partial charge in [0.1, 0.15) is 18.1 Å². The summed E-state index contributed by atoms with van der Waals surface area (Å²) in [7, 11) is 3.50. The molecule has 0 radical (unpaired) electrons. The van der Waals surface area contributed by atoms with E-state index in [2.05, 4.69) is 26.3 Å². The predicted octanol–water partition coefficient (Wildman–Crippen LogP) is 4.41. The van der Waals surface area contributed by atoms with Gasteiger partial charge in [-0.05, 0) is 55.0 Å². The summed E-state index contributed by atoms with van der Waals surface area (Å²) in [5.41, 5.74) is 3.81. The van der Waals surface area contributed by atoms with E-state index in [0.29, 0.717) is 13.2 Å². The van der Waals surface area contributed by atoms with E-state index in [-0.39, 0.29) is 5.91 Å². The van der Waals surface area contributed by atoms with Crippen molar-refractivity contribution in [3.8, 4) is 11.5 Å². The summed E-state index contributed by atoms with van der Waals surface area (Å²) in [4.78, 5) is 12.2. The Morgan fingerprint density at radius 1 is 1.20 bits per heavy atom. The fourth-order valence-electron chi connectivity index (χ4n) is 2.84. The van der Waals surface area contributed by atoms with Crippen molar-refractivity contribution in [1.29, 1.82) is 0 Å². The number of nitrogens with zero attached hydrogens (tertiary/aromatic N) is 2. The lowest BCUT2D eigenvalue weighted by atomic mass is 10.1. The van der Waals surface area contributed by atoms with Crippen molar-refractivity contribution in [2.45, 2.75) is 20.1 Å². The van der Waals surface area contributed by atoms with Gasteiger partial charge < -0.3 is 14.8 Å². The van der Waals surface area contributed by atoms with Crippen LogP contribution in [0, 0.1) is 6.92 Å². The molecule has 0 atom stereocenters. The largest absolute Gasteiger partial charge is 0.496 e. The fourth-order valence-corrected chi connectivity index (χ4v) is 3.10. The third-order valence-corrected chi connectivity index (χ3v) is 5.26. The van der Waals surface area contributed by atoms with Gasteiger partial charge in [0, 0.05) is 41.0 Å². The van der Waals surface area contributed by atoms with Crippen LogP contribution < -0.4 is 14.8 Å². The number of methoxy groups -OCH3 is 1. The Kier molecular flexibility index (Phi) is 7.30. The highest BCUT2D eigenvalue weighted by Gasteiger charge is 2.07. The monoisotopic (exact) mass is 469 g/mol. The zero-order valence-electron chi connectivity index (χ0n) is 17.2. The number of carbonyl (C=O) groups is 1. The van der Waals surface area contributed by atoms with Gasteiger partial charge in [-0.1, -0.05) is 22.0 Å². The molecule has 156 valence electrons. The van der Waals surface area contributed by atoms with Gasteiger partial charge in [-0.2, -0.15) is 5.10 Å². The van der Waals surface area contributed by atoms with Gasteiger partial charge >= 0.3 is 0 Å². The van der Waals surface area contributed by atoms with Crippen molar-refractivity contribution in [2.75, 3.05) is 7.11 Å². The molecule has 0 bridgehead atoms. The second-order valence-electron chi connectivity index (χ2n) is 6.74. The van der Waals surface area contributed by atoms with Crippen LogP contribution in [0.5, 0.6) is 11.5 Å². The quantitative estimate of drug-likeness (QED) is 0.496. The Morgan fingerprint density at radius 2 is 1.97 bits per heavy atom. The maximum atomic E-state index is 12.2. The van der Waals surface area contributed by atoms with Gasteiger partial charge in [-0.25, -0.2) is 0 Å². The molecule has 0 saturated carbocycles. The van der Waals surface area contributed by atoms with E-state index in [0.717, 1.165) is 38.4 Å². The molecule has 7 heteroatoms. The summed E-state index contributed by atoms with van der Waals surface area (Å²) in [6.45, 7) is 2.77. The molecule has 0 fully saturated rings. The van der Waals surface area contributed by atoms with Gasteiger partial charge in [-0.15, -0.1) is 0 Å². The average molecular weight is 470 g/mol. The molecule has 0 unspecified atom stereocenters. The van der Waals surface area contributed by atoms with E-state index in [4.69, 9.17) is 9.47 Å². The third kappa shape index (κ3) is 5.73. The first-order chi connectivity index (χ1) is 14.5. The molecule has 0 aliphatic rings. The maximum absolute atomic E-state index is 12.2. The molecule has 1 amide bonds. The van der Waals surface area contributed by atoms with Gasteiger partial charge in [0.25, 0.3) is 0 Å². The average Bonchev–Trinajstić information content (AvgIpc) is 3.08. The van der Waals surface area contributed by atoms with E-state index in [9.17, 15) is 4.79 Å². The van der Waals surface area contributed by atoms with Crippen LogP contribution in [0.25, 0.3) is 6.08 Å². The normalized spacial score (nSPS) is 10.9. The van der Waals surface area contributed by atoms with Gasteiger partial charge in [0.05, 0.1) is 13.3 Å². The fraction of sp³-hybridized carbons (Fsp3) is 0.217. The molecule has 2 aromatic carbocycles. The van der Waals surface area contributed by atoms with Crippen molar-refractivity contribution >= 4 is 27.9 Å². The molecule has 3 rings (SSSR count). The van der Waals surface area contributed by atoms with E-state index in [1.165, 1.54) is 6.08 Å². The number of carbonyl (C=O) groups excluding carboxylic acids is 1. The highest BCUT2D eigenvalue weighted by molar-refractivity contribution is 9.10. The predicted molar refractivity (Wildman–Crippen MR) is 120 cm³/mol. The molecular formula is C23H24BrN3O3. The van der Waals surface area contributed by atoms with Crippen molar-refractivity contribution in [1.82, 2.24) is 15.1 Å². The second-order valence-corrected chi connectivity index (χ2v) is 7.66. The maximum Gasteiger partial charge on any atom is 0.244 e. The summed E-state index contributed by atoms with van der Waals surface area (Å²) in [5, 5.41) is 7.06. The van der Waals surface area contributed by atoms with E-state index >= 15 is 0 Å². The molecule has 1 heterocycles. The number of halogens is 1.